The number of fused-ring (bicyclic) bond motifs is 1. The number of para-hydroxylation sites is 1. The van der Waals surface area contributed by atoms with Gasteiger partial charge in [-0.25, -0.2) is 0 Å². The minimum absolute atomic E-state index is 0.496. The summed E-state index contributed by atoms with van der Waals surface area (Å²) in [5, 5.41) is 3.28. The molecule has 1 fully saturated rings. The summed E-state index contributed by atoms with van der Waals surface area (Å²) in [6.45, 7) is 3.20. The van der Waals surface area contributed by atoms with Gasteiger partial charge in [0.15, 0.2) is 0 Å². The lowest BCUT2D eigenvalue weighted by Gasteiger charge is -2.33. The van der Waals surface area contributed by atoms with Crippen LogP contribution in [-0.2, 0) is 16.8 Å². The number of nitrogens with zero attached hydrogens (tertiary/aromatic N) is 2. The summed E-state index contributed by atoms with van der Waals surface area (Å²) < 4.78 is 29.0. The summed E-state index contributed by atoms with van der Waals surface area (Å²) in [6, 6.07) is 7.76. The van der Waals surface area contributed by atoms with Crippen LogP contribution in [-0.4, -0.2) is 38.9 Å². The van der Waals surface area contributed by atoms with E-state index in [4.69, 9.17) is 0 Å². The fraction of sp³-hybridized carbons (Fsp3) is 0.571. The molecule has 20 heavy (non-hydrogen) atoms. The van der Waals surface area contributed by atoms with E-state index >= 15 is 0 Å². The normalized spacial score (nSPS) is 21.3. The Bertz CT molecular complexity index is 568. The Morgan fingerprint density at radius 3 is 2.55 bits per heavy atom. The Kier molecular flexibility index (Phi) is 3.96. The summed E-state index contributed by atoms with van der Waals surface area (Å²) in [5.74, 6) is 0. The Morgan fingerprint density at radius 1 is 1.00 bits per heavy atom. The summed E-state index contributed by atoms with van der Waals surface area (Å²) in [4.78, 5) is 0. The van der Waals surface area contributed by atoms with Crippen LogP contribution < -0.4 is 9.62 Å². The van der Waals surface area contributed by atoms with Gasteiger partial charge < -0.3 is 5.32 Å². The first-order chi connectivity index (χ1) is 9.69. The molecular weight excluding hydrogens is 274 g/mol. The molecule has 0 amide bonds. The molecule has 3 rings (SSSR count). The average molecular weight is 295 g/mol. The van der Waals surface area contributed by atoms with Crippen molar-refractivity contribution in [3.05, 3.63) is 29.8 Å². The highest BCUT2D eigenvalue weighted by molar-refractivity contribution is 7.90. The zero-order chi connectivity index (χ0) is 14.0. The van der Waals surface area contributed by atoms with Crippen molar-refractivity contribution in [1.29, 1.82) is 0 Å². The molecule has 5 nitrogen and oxygen atoms in total. The minimum atomic E-state index is -3.40. The van der Waals surface area contributed by atoms with E-state index in [2.05, 4.69) is 5.32 Å². The molecule has 0 atom stereocenters. The summed E-state index contributed by atoms with van der Waals surface area (Å²) in [7, 11) is -3.40. The SMILES string of the molecule is O=S(=O)(N1CCCCC1)N1CCNCc2ccccc21. The Morgan fingerprint density at radius 2 is 1.75 bits per heavy atom. The van der Waals surface area contributed by atoms with Crippen molar-refractivity contribution < 1.29 is 8.42 Å². The molecule has 6 heteroatoms. The van der Waals surface area contributed by atoms with Crippen molar-refractivity contribution in [3.63, 3.8) is 0 Å². The second-order valence-corrected chi connectivity index (χ2v) is 7.20. The lowest BCUT2D eigenvalue weighted by Crippen LogP contribution is -2.47. The van der Waals surface area contributed by atoms with Gasteiger partial charge in [-0.15, -0.1) is 0 Å². The second kappa shape index (κ2) is 5.71. The third-order valence-electron chi connectivity index (χ3n) is 3.99. The molecule has 0 aliphatic carbocycles. The lowest BCUT2D eigenvalue weighted by atomic mass is 10.2. The van der Waals surface area contributed by atoms with Crippen LogP contribution in [0.15, 0.2) is 24.3 Å². The fourth-order valence-electron chi connectivity index (χ4n) is 2.90. The number of hydrogen-bond acceptors (Lipinski definition) is 3. The van der Waals surface area contributed by atoms with Gasteiger partial charge in [-0.05, 0) is 24.5 Å². The van der Waals surface area contributed by atoms with Gasteiger partial charge >= 0.3 is 10.2 Å². The Labute approximate surface area is 120 Å². The molecule has 0 spiro atoms. The van der Waals surface area contributed by atoms with Crippen LogP contribution in [0, 0.1) is 0 Å². The van der Waals surface area contributed by atoms with E-state index in [-0.39, 0.29) is 0 Å². The minimum Gasteiger partial charge on any atom is -0.311 e. The maximum Gasteiger partial charge on any atom is 0.304 e. The summed E-state index contributed by atoms with van der Waals surface area (Å²) >= 11 is 0. The predicted octanol–water partition coefficient (Wildman–Crippen LogP) is 1.33. The van der Waals surface area contributed by atoms with Gasteiger partial charge in [0.1, 0.15) is 0 Å². The largest absolute Gasteiger partial charge is 0.311 e. The maximum atomic E-state index is 12.9. The molecule has 0 saturated carbocycles. The van der Waals surface area contributed by atoms with E-state index in [0.29, 0.717) is 26.2 Å². The predicted molar refractivity (Wildman–Crippen MR) is 79.8 cm³/mol. The van der Waals surface area contributed by atoms with Gasteiger partial charge in [-0.3, -0.25) is 4.31 Å². The van der Waals surface area contributed by atoms with Gasteiger partial charge in [-0.1, -0.05) is 24.6 Å². The lowest BCUT2D eigenvalue weighted by molar-refractivity contribution is 0.345. The summed E-state index contributed by atoms with van der Waals surface area (Å²) in [6.07, 6.45) is 3.06. The molecule has 0 aromatic heterocycles. The van der Waals surface area contributed by atoms with Crippen LogP contribution in [0.25, 0.3) is 0 Å². The number of hydrogen-bond donors (Lipinski definition) is 1. The van der Waals surface area contributed by atoms with Crippen molar-refractivity contribution in [2.75, 3.05) is 30.5 Å². The van der Waals surface area contributed by atoms with Crippen molar-refractivity contribution in [1.82, 2.24) is 9.62 Å². The highest BCUT2D eigenvalue weighted by Gasteiger charge is 2.32. The average Bonchev–Trinajstić information content (AvgIpc) is 2.71. The van der Waals surface area contributed by atoms with E-state index in [1.54, 1.807) is 8.61 Å². The molecule has 1 saturated heterocycles. The molecule has 1 aromatic carbocycles. The van der Waals surface area contributed by atoms with Crippen LogP contribution in [0.3, 0.4) is 0 Å². The van der Waals surface area contributed by atoms with Gasteiger partial charge in [0.2, 0.25) is 0 Å². The van der Waals surface area contributed by atoms with E-state index in [9.17, 15) is 8.42 Å². The van der Waals surface area contributed by atoms with E-state index in [1.807, 2.05) is 24.3 Å². The summed E-state index contributed by atoms with van der Waals surface area (Å²) in [5.41, 5.74) is 1.87. The number of benzene rings is 1. The molecule has 0 bridgehead atoms. The van der Waals surface area contributed by atoms with Crippen molar-refractivity contribution in [3.8, 4) is 0 Å². The van der Waals surface area contributed by atoms with E-state index in [1.165, 1.54) is 0 Å². The quantitative estimate of drug-likeness (QED) is 0.895. The first kappa shape index (κ1) is 13.9. The first-order valence-corrected chi connectivity index (χ1v) is 8.66. The number of anilines is 1. The Balaban J connectivity index is 1.96. The topological polar surface area (TPSA) is 52.7 Å². The Hall–Kier alpha value is -1.11. The van der Waals surface area contributed by atoms with Crippen LogP contribution in [0.2, 0.25) is 0 Å². The number of rotatable bonds is 2. The van der Waals surface area contributed by atoms with Crippen molar-refractivity contribution in [2.45, 2.75) is 25.8 Å². The zero-order valence-corrected chi connectivity index (χ0v) is 12.4. The highest BCUT2D eigenvalue weighted by Crippen LogP contribution is 2.27. The van der Waals surface area contributed by atoms with Crippen molar-refractivity contribution in [2.24, 2.45) is 0 Å². The van der Waals surface area contributed by atoms with E-state index < -0.39 is 10.2 Å². The zero-order valence-electron chi connectivity index (χ0n) is 11.6. The third-order valence-corrected chi connectivity index (χ3v) is 5.94. The van der Waals surface area contributed by atoms with Crippen LogP contribution in [0.4, 0.5) is 5.69 Å². The van der Waals surface area contributed by atoms with Crippen LogP contribution >= 0.6 is 0 Å². The molecule has 2 heterocycles. The van der Waals surface area contributed by atoms with Gasteiger partial charge in [0.25, 0.3) is 0 Å². The smallest absolute Gasteiger partial charge is 0.304 e. The fourth-order valence-corrected chi connectivity index (χ4v) is 4.65. The number of piperidine rings is 1. The standard InChI is InChI=1S/C14H21N3O2S/c18-20(19,16-9-4-1-5-10-16)17-11-8-15-12-13-6-2-3-7-14(13)17/h2-3,6-7,15H,1,4-5,8-12H2. The van der Waals surface area contributed by atoms with Crippen molar-refractivity contribution >= 4 is 15.9 Å². The first-order valence-electron chi connectivity index (χ1n) is 7.26. The molecule has 2 aliphatic rings. The van der Waals surface area contributed by atoms with Crippen LogP contribution in [0.5, 0.6) is 0 Å². The molecule has 0 radical (unpaired) electrons. The molecule has 2 aliphatic heterocycles. The number of nitrogens with one attached hydrogen (secondary N) is 1. The third kappa shape index (κ3) is 2.55. The van der Waals surface area contributed by atoms with Gasteiger partial charge in [-0.2, -0.15) is 12.7 Å². The van der Waals surface area contributed by atoms with E-state index in [0.717, 1.165) is 37.1 Å². The molecule has 0 unspecified atom stereocenters. The molecule has 1 N–H and O–H groups in total. The van der Waals surface area contributed by atoms with Gasteiger partial charge in [0, 0.05) is 32.7 Å². The second-order valence-electron chi connectivity index (χ2n) is 5.35. The van der Waals surface area contributed by atoms with Gasteiger partial charge in [0.05, 0.1) is 5.69 Å². The molecule has 1 aromatic rings. The molecular formula is C14H21N3O2S. The monoisotopic (exact) mass is 295 g/mol. The van der Waals surface area contributed by atoms with Crippen LogP contribution in [0.1, 0.15) is 24.8 Å². The highest BCUT2D eigenvalue weighted by atomic mass is 32.2. The maximum absolute atomic E-state index is 12.9. The molecule has 110 valence electrons.